The first-order chi connectivity index (χ1) is 9.29. The van der Waals surface area contributed by atoms with E-state index in [4.69, 9.17) is 17.0 Å². The smallest absolute Gasteiger partial charge is 0.189 e. The first-order valence-corrected chi connectivity index (χ1v) is 6.92. The molecule has 102 valence electrons. The molecule has 0 unspecified atom stereocenters. The fraction of sp³-hybridized carbons (Fsp3) is 0.429. The van der Waals surface area contributed by atoms with Crippen molar-refractivity contribution in [2.24, 2.45) is 5.10 Å². The fourth-order valence-corrected chi connectivity index (χ4v) is 2.25. The molecule has 0 aliphatic carbocycles. The summed E-state index contributed by atoms with van der Waals surface area (Å²) in [5, 5.41) is 4.89. The Labute approximate surface area is 119 Å². The topological polar surface area (TPSA) is 36.9 Å². The largest absolute Gasteiger partial charge is 0.497 e. The molecule has 4 nitrogen and oxygen atoms in total. The van der Waals surface area contributed by atoms with Crippen LogP contribution in [0.3, 0.4) is 0 Å². The van der Waals surface area contributed by atoms with Crippen LogP contribution in [0.5, 0.6) is 5.75 Å². The minimum Gasteiger partial charge on any atom is -0.497 e. The van der Waals surface area contributed by atoms with E-state index in [-0.39, 0.29) is 0 Å². The van der Waals surface area contributed by atoms with E-state index in [0.717, 1.165) is 24.4 Å². The van der Waals surface area contributed by atoms with Crippen LogP contribution in [0.1, 0.15) is 24.8 Å². The third-order valence-electron chi connectivity index (χ3n) is 3.13. The van der Waals surface area contributed by atoms with E-state index in [1.165, 1.54) is 19.3 Å². The zero-order valence-electron chi connectivity index (χ0n) is 11.1. The summed E-state index contributed by atoms with van der Waals surface area (Å²) < 4.78 is 5.10. The van der Waals surface area contributed by atoms with Crippen LogP contribution in [0.15, 0.2) is 29.4 Å². The zero-order chi connectivity index (χ0) is 13.5. The first kappa shape index (κ1) is 13.8. The molecule has 1 aromatic carbocycles. The van der Waals surface area contributed by atoms with E-state index in [1.54, 1.807) is 13.3 Å². The van der Waals surface area contributed by atoms with Gasteiger partial charge in [-0.3, -0.25) is 5.43 Å². The van der Waals surface area contributed by atoms with Crippen molar-refractivity contribution >= 4 is 23.5 Å². The van der Waals surface area contributed by atoms with Crippen molar-refractivity contribution < 1.29 is 4.74 Å². The number of nitrogens with one attached hydrogen (secondary N) is 1. The minimum absolute atomic E-state index is 0.712. The van der Waals surface area contributed by atoms with Gasteiger partial charge in [-0.25, -0.2) is 0 Å². The summed E-state index contributed by atoms with van der Waals surface area (Å²) in [5.74, 6) is 0.842. The Morgan fingerprint density at radius 3 is 2.58 bits per heavy atom. The molecule has 1 aliphatic rings. The molecule has 1 fully saturated rings. The van der Waals surface area contributed by atoms with Crippen molar-refractivity contribution in [2.45, 2.75) is 19.3 Å². The molecule has 1 N–H and O–H groups in total. The van der Waals surface area contributed by atoms with Crippen molar-refractivity contribution in [3.8, 4) is 5.75 Å². The molecule has 0 atom stereocenters. The fourth-order valence-electron chi connectivity index (χ4n) is 2.02. The van der Waals surface area contributed by atoms with Crippen LogP contribution in [0.2, 0.25) is 0 Å². The average molecular weight is 277 g/mol. The summed E-state index contributed by atoms with van der Waals surface area (Å²) in [6.07, 6.45) is 5.48. The Balaban J connectivity index is 1.83. The van der Waals surface area contributed by atoms with Gasteiger partial charge in [-0.2, -0.15) is 5.10 Å². The van der Waals surface area contributed by atoms with E-state index in [0.29, 0.717) is 5.11 Å². The number of thiocarbonyl (C=S) groups is 1. The van der Waals surface area contributed by atoms with Gasteiger partial charge in [0.15, 0.2) is 5.11 Å². The van der Waals surface area contributed by atoms with Crippen molar-refractivity contribution in [3.05, 3.63) is 29.8 Å². The quantitative estimate of drug-likeness (QED) is 0.523. The number of benzene rings is 1. The van der Waals surface area contributed by atoms with Gasteiger partial charge in [0.05, 0.1) is 13.3 Å². The van der Waals surface area contributed by atoms with Gasteiger partial charge < -0.3 is 9.64 Å². The number of hydrazone groups is 1. The second kappa shape index (κ2) is 7.09. The lowest BCUT2D eigenvalue weighted by molar-refractivity contribution is 0.338. The Morgan fingerprint density at radius 2 is 1.95 bits per heavy atom. The second-order valence-corrected chi connectivity index (χ2v) is 4.88. The van der Waals surface area contributed by atoms with Crippen molar-refractivity contribution in [3.63, 3.8) is 0 Å². The second-order valence-electron chi connectivity index (χ2n) is 4.50. The van der Waals surface area contributed by atoms with Gasteiger partial charge in [0, 0.05) is 13.1 Å². The Bertz CT molecular complexity index is 439. The molecular formula is C14H19N3OS. The van der Waals surface area contributed by atoms with E-state index in [9.17, 15) is 0 Å². The van der Waals surface area contributed by atoms with Crippen LogP contribution >= 0.6 is 12.2 Å². The van der Waals surface area contributed by atoms with Crippen LogP contribution < -0.4 is 10.2 Å². The van der Waals surface area contributed by atoms with Gasteiger partial charge in [0.2, 0.25) is 0 Å². The van der Waals surface area contributed by atoms with Gasteiger partial charge in [-0.1, -0.05) is 0 Å². The van der Waals surface area contributed by atoms with Gasteiger partial charge >= 0.3 is 0 Å². The van der Waals surface area contributed by atoms with E-state index in [2.05, 4.69) is 15.4 Å². The maximum atomic E-state index is 5.31. The maximum absolute atomic E-state index is 5.31. The molecule has 1 heterocycles. The molecule has 1 saturated heterocycles. The molecular weight excluding hydrogens is 258 g/mol. The Morgan fingerprint density at radius 1 is 1.26 bits per heavy atom. The average Bonchev–Trinajstić information content (AvgIpc) is 2.49. The molecule has 5 heteroatoms. The highest BCUT2D eigenvalue weighted by atomic mass is 32.1. The zero-order valence-corrected chi connectivity index (χ0v) is 11.9. The molecule has 0 spiro atoms. The van der Waals surface area contributed by atoms with Gasteiger partial charge in [0.1, 0.15) is 5.75 Å². The van der Waals surface area contributed by atoms with Gasteiger partial charge in [0.25, 0.3) is 0 Å². The number of ether oxygens (including phenoxy) is 1. The maximum Gasteiger partial charge on any atom is 0.189 e. The molecule has 2 rings (SSSR count). The Hall–Kier alpha value is -1.62. The predicted octanol–water partition coefficient (Wildman–Crippen LogP) is 2.39. The highest BCUT2D eigenvalue weighted by Gasteiger charge is 2.12. The molecule has 0 bridgehead atoms. The van der Waals surface area contributed by atoms with Crippen LogP contribution in [-0.4, -0.2) is 36.4 Å². The van der Waals surface area contributed by atoms with Crippen molar-refractivity contribution in [1.82, 2.24) is 10.3 Å². The molecule has 19 heavy (non-hydrogen) atoms. The molecule has 0 aromatic heterocycles. The van der Waals surface area contributed by atoms with Crippen LogP contribution in [0.25, 0.3) is 0 Å². The number of hydrogen-bond donors (Lipinski definition) is 1. The third-order valence-corrected chi connectivity index (χ3v) is 3.48. The summed E-state index contributed by atoms with van der Waals surface area (Å²) in [6, 6.07) is 7.72. The SMILES string of the molecule is COc1ccc(/C=N/NC(=S)N2CCCCC2)cc1. The number of piperidine rings is 1. The van der Waals surface area contributed by atoms with E-state index < -0.39 is 0 Å². The summed E-state index contributed by atoms with van der Waals surface area (Å²) in [5.41, 5.74) is 3.93. The predicted molar refractivity (Wildman–Crippen MR) is 81.7 cm³/mol. The standard InChI is InChI=1S/C14H19N3OS/c1-18-13-7-5-12(6-8-13)11-15-16-14(19)17-9-3-2-4-10-17/h5-8,11H,2-4,9-10H2,1H3,(H,16,19)/b15-11+. The highest BCUT2D eigenvalue weighted by molar-refractivity contribution is 7.80. The van der Waals surface area contributed by atoms with Crippen LogP contribution in [0, 0.1) is 0 Å². The third kappa shape index (κ3) is 4.21. The lowest BCUT2D eigenvalue weighted by atomic mass is 10.1. The summed E-state index contributed by atoms with van der Waals surface area (Å²) >= 11 is 5.31. The van der Waals surface area contributed by atoms with Gasteiger partial charge in [-0.15, -0.1) is 0 Å². The van der Waals surface area contributed by atoms with Crippen LogP contribution in [-0.2, 0) is 0 Å². The lowest BCUT2D eigenvalue weighted by Crippen LogP contribution is -2.40. The number of nitrogens with zero attached hydrogens (tertiary/aromatic N) is 2. The molecule has 0 amide bonds. The number of likely N-dealkylation sites (tertiary alicyclic amines) is 1. The van der Waals surface area contributed by atoms with Crippen molar-refractivity contribution in [2.75, 3.05) is 20.2 Å². The Kier molecular flexibility index (Phi) is 5.15. The van der Waals surface area contributed by atoms with E-state index >= 15 is 0 Å². The highest BCUT2D eigenvalue weighted by Crippen LogP contribution is 2.10. The normalized spacial score (nSPS) is 15.5. The molecule has 1 aromatic rings. The molecule has 1 aliphatic heterocycles. The summed E-state index contributed by atoms with van der Waals surface area (Å²) in [4.78, 5) is 2.17. The lowest BCUT2D eigenvalue weighted by Gasteiger charge is -2.28. The molecule has 0 radical (unpaired) electrons. The summed E-state index contributed by atoms with van der Waals surface area (Å²) in [7, 11) is 1.65. The van der Waals surface area contributed by atoms with E-state index in [1.807, 2.05) is 24.3 Å². The van der Waals surface area contributed by atoms with Crippen LogP contribution in [0.4, 0.5) is 0 Å². The monoisotopic (exact) mass is 277 g/mol. The first-order valence-electron chi connectivity index (χ1n) is 6.51. The summed E-state index contributed by atoms with van der Waals surface area (Å²) in [6.45, 7) is 2.06. The minimum atomic E-state index is 0.712. The number of hydrogen-bond acceptors (Lipinski definition) is 3. The van der Waals surface area contributed by atoms with Gasteiger partial charge in [-0.05, 0) is 61.3 Å². The number of rotatable bonds is 3. The number of methoxy groups -OCH3 is 1. The molecule has 0 saturated carbocycles. The van der Waals surface area contributed by atoms with Crippen molar-refractivity contribution in [1.29, 1.82) is 0 Å².